The maximum atomic E-state index is 13.1. The summed E-state index contributed by atoms with van der Waals surface area (Å²) < 4.78 is 66.4. The van der Waals surface area contributed by atoms with Gasteiger partial charge in [-0.1, -0.05) is 29.3 Å². The van der Waals surface area contributed by atoms with Gasteiger partial charge in [-0.3, -0.25) is 4.79 Å². The number of hydrogen-bond donors (Lipinski definition) is 0. The Labute approximate surface area is 212 Å². The highest BCUT2D eigenvalue weighted by Crippen LogP contribution is 2.33. The largest absolute Gasteiger partial charge is 0.416 e. The summed E-state index contributed by atoms with van der Waals surface area (Å²) in [6, 6.07) is 9.45. The molecule has 0 aliphatic carbocycles. The second-order valence-electron chi connectivity index (χ2n) is 8.61. The molecule has 2 aliphatic rings. The molecule has 2 aromatic carbocycles. The zero-order chi connectivity index (χ0) is 25.4. The summed E-state index contributed by atoms with van der Waals surface area (Å²) in [5, 5.41) is 0.355. The second kappa shape index (κ2) is 10.2. The molecule has 2 fully saturated rings. The predicted octanol–water partition coefficient (Wildman–Crippen LogP) is 4.76. The monoisotopic (exact) mass is 549 g/mol. The van der Waals surface area contributed by atoms with Crippen LogP contribution >= 0.6 is 23.2 Å². The van der Waals surface area contributed by atoms with E-state index in [0.29, 0.717) is 44.7 Å². The maximum Gasteiger partial charge on any atom is 0.416 e. The van der Waals surface area contributed by atoms with E-state index < -0.39 is 21.8 Å². The van der Waals surface area contributed by atoms with E-state index in [0.717, 1.165) is 12.1 Å². The van der Waals surface area contributed by atoms with Gasteiger partial charge in [-0.05, 0) is 49.2 Å². The molecule has 2 aliphatic heterocycles. The molecule has 0 bridgehead atoms. The van der Waals surface area contributed by atoms with E-state index in [2.05, 4.69) is 0 Å². The van der Waals surface area contributed by atoms with Crippen LogP contribution in [-0.4, -0.2) is 62.8 Å². The fraction of sp³-hybridized carbons (Fsp3) is 0.435. The third-order valence-corrected chi connectivity index (χ3v) is 9.06. The van der Waals surface area contributed by atoms with Crippen molar-refractivity contribution >= 4 is 44.8 Å². The molecule has 2 aromatic rings. The third-order valence-electron chi connectivity index (χ3n) is 6.44. The molecule has 12 heteroatoms. The summed E-state index contributed by atoms with van der Waals surface area (Å²) in [6.45, 7) is 2.01. The molecule has 0 aromatic heterocycles. The van der Waals surface area contributed by atoms with Crippen LogP contribution in [0, 0.1) is 5.92 Å². The van der Waals surface area contributed by atoms with Crippen LogP contribution in [0.3, 0.4) is 0 Å². The average Bonchev–Trinajstić information content (AvgIpc) is 2.85. The topological polar surface area (TPSA) is 60.9 Å². The molecule has 4 rings (SSSR count). The number of rotatable bonds is 4. The summed E-state index contributed by atoms with van der Waals surface area (Å²) in [6.07, 6.45) is -3.65. The van der Waals surface area contributed by atoms with E-state index >= 15 is 0 Å². The molecular weight excluding hydrogens is 526 g/mol. The van der Waals surface area contributed by atoms with Gasteiger partial charge in [0.05, 0.1) is 10.6 Å². The molecule has 2 saturated heterocycles. The predicted molar refractivity (Wildman–Crippen MR) is 128 cm³/mol. The number of piperidine rings is 1. The quantitative estimate of drug-likeness (QED) is 0.551. The number of sulfonamides is 1. The van der Waals surface area contributed by atoms with Gasteiger partial charge in [-0.15, -0.1) is 0 Å². The van der Waals surface area contributed by atoms with Crippen molar-refractivity contribution in [2.24, 2.45) is 5.92 Å². The maximum absolute atomic E-state index is 13.1. The van der Waals surface area contributed by atoms with Crippen molar-refractivity contribution in [3.8, 4) is 0 Å². The molecule has 0 spiro atoms. The Bertz CT molecular complexity index is 1190. The van der Waals surface area contributed by atoms with Crippen molar-refractivity contribution in [3.63, 3.8) is 0 Å². The number of anilines is 1. The van der Waals surface area contributed by atoms with Crippen LogP contribution in [0.15, 0.2) is 47.4 Å². The first-order valence-corrected chi connectivity index (χ1v) is 13.3. The van der Waals surface area contributed by atoms with Gasteiger partial charge in [0.2, 0.25) is 15.9 Å². The zero-order valence-corrected chi connectivity index (χ0v) is 21.0. The van der Waals surface area contributed by atoms with Crippen molar-refractivity contribution in [2.45, 2.75) is 23.9 Å². The summed E-state index contributed by atoms with van der Waals surface area (Å²) in [7, 11) is -3.84. The Morgan fingerprint density at radius 2 is 1.57 bits per heavy atom. The Kier molecular flexibility index (Phi) is 7.57. The lowest BCUT2D eigenvalue weighted by atomic mass is 9.96. The molecule has 1 amide bonds. The second-order valence-corrected chi connectivity index (χ2v) is 11.4. The number of carbonyl (C=O) groups excluding carboxylic acids is 1. The van der Waals surface area contributed by atoms with Crippen molar-refractivity contribution in [1.82, 2.24) is 9.21 Å². The molecule has 0 atom stereocenters. The van der Waals surface area contributed by atoms with Gasteiger partial charge in [0.1, 0.15) is 4.90 Å². The summed E-state index contributed by atoms with van der Waals surface area (Å²) in [4.78, 5) is 16.6. The van der Waals surface area contributed by atoms with Crippen molar-refractivity contribution in [2.75, 3.05) is 44.2 Å². The van der Waals surface area contributed by atoms with Crippen molar-refractivity contribution in [1.29, 1.82) is 0 Å². The van der Waals surface area contributed by atoms with Crippen molar-refractivity contribution in [3.05, 3.63) is 58.1 Å². The van der Waals surface area contributed by atoms with Gasteiger partial charge in [0, 0.05) is 55.9 Å². The Balaban J connectivity index is 1.33. The van der Waals surface area contributed by atoms with Gasteiger partial charge >= 0.3 is 6.18 Å². The Morgan fingerprint density at radius 3 is 2.20 bits per heavy atom. The van der Waals surface area contributed by atoms with Gasteiger partial charge in [0.25, 0.3) is 0 Å². The standard InChI is InChI=1S/C23H24Cl2F3N3O3S/c24-18-4-5-20(25)21(15-18)35(33,34)31-8-6-16(7-9-31)22(32)30-12-10-29(11-13-30)19-3-1-2-17(14-19)23(26,27)28/h1-5,14-16H,6-13H2. The van der Waals surface area contributed by atoms with Gasteiger partial charge in [0.15, 0.2) is 0 Å². The minimum absolute atomic E-state index is 0.0495. The number of hydrogen-bond acceptors (Lipinski definition) is 4. The molecular formula is C23H24Cl2F3N3O3S. The average molecular weight is 550 g/mol. The number of alkyl halides is 3. The third kappa shape index (κ3) is 5.71. The van der Waals surface area contributed by atoms with Crippen LogP contribution in [0.2, 0.25) is 10.0 Å². The molecule has 6 nitrogen and oxygen atoms in total. The lowest BCUT2D eigenvalue weighted by molar-refractivity contribution is -0.137. The van der Waals surface area contributed by atoms with E-state index in [1.165, 1.54) is 28.6 Å². The lowest BCUT2D eigenvalue weighted by Crippen LogP contribution is -2.52. The van der Waals surface area contributed by atoms with E-state index in [1.807, 2.05) is 4.90 Å². The number of carbonyl (C=O) groups is 1. The summed E-state index contributed by atoms with van der Waals surface area (Å²) in [5.74, 6) is -0.358. The minimum Gasteiger partial charge on any atom is -0.368 e. The molecule has 2 heterocycles. The van der Waals surface area contributed by atoms with Crippen LogP contribution < -0.4 is 4.90 Å². The number of halogens is 5. The van der Waals surface area contributed by atoms with Gasteiger partial charge < -0.3 is 9.80 Å². The van der Waals surface area contributed by atoms with E-state index in [4.69, 9.17) is 23.2 Å². The van der Waals surface area contributed by atoms with Crippen LogP contribution in [0.5, 0.6) is 0 Å². The van der Waals surface area contributed by atoms with E-state index in [-0.39, 0.29) is 39.9 Å². The normalized spacial score (nSPS) is 18.7. The zero-order valence-electron chi connectivity index (χ0n) is 18.6. The van der Waals surface area contributed by atoms with E-state index in [9.17, 15) is 26.4 Å². The first kappa shape index (κ1) is 26.1. The molecule has 190 valence electrons. The van der Waals surface area contributed by atoms with Crippen LogP contribution in [0.4, 0.5) is 18.9 Å². The number of piperazine rings is 1. The van der Waals surface area contributed by atoms with Crippen LogP contribution in [-0.2, 0) is 21.0 Å². The molecule has 0 N–H and O–H groups in total. The number of amides is 1. The van der Waals surface area contributed by atoms with E-state index in [1.54, 1.807) is 11.0 Å². The molecule has 0 radical (unpaired) electrons. The highest BCUT2D eigenvalue weighted by Gasteiger charge is 2.36. The summed E-state index contributed by atoms with van der Waals surface area (Å²) in [5.41, 5.74) is -0.223. The molecule has 0 saturated carbocycles. The Morgan fingerprint density at radius 1 is 0.914 bits per heavy atom. The smallest absolute Gasteiger partial charge is 0.368 e. The lowest BCUT2D eigenvalue weighted by Gasteiger charge is -2.39. The fourth-order valence-corrected chi connectivity index (χ4v) is 6.69. The first-order chi connectivity index (χ1) is 16.5. The first-order valence-electron chi connectivity index (χ1n) is 11.1. The van der Waals surface area contributed by atoms with Crippen LogP contribution in [0.1, 0.15) is 18.4 Å². The van der Waals surface area contributed by atoms with Crippen LogP contribution in [0.25, 0.3) is 0 Å². The minimum atomic E-state index is -4.41. The highest BCUT2D eigenvalue weighted by atomic mass is 35.5. The highest BCUT2D eigenvalue weighted by molar-refractivity contribution is 7.89. The number of benzene rings is 2. The molecule has 0 unspecified atom stereocenters. The van der Waals surface area contributed by atoms with Gasteiger partial charge in [-0.2, -0.15) is 17.5 Å². The summed E-state index contributed by atoms with van der Waals surface area (Å²) >= 11 is 12.0. The van der Waals surface area contributed by atoms with Crippen molar-refractivity contribution < 1.29 is 26.4 Å². The number of nitrogens with zero attached hydrogens (tertiary/aromatic N) is 3. The van der Waals surface area contributed by atoms with Gasteiger partial charge in [-0.25, -0.2) is 8.42 Å². The SMILES string of the molecule is O=C(C1CCN(S(=O)(=O)c2cc(Cl)ccc2Cl)CC1)N1CCN(c2cccc(C(F)(F)F)c2)CC1. The fourth-order valence-electron chi connectivity index (χ4n) is 4.48. The molecule has 35 heavy (non-hydrogen) atoms. The Hall–Kier alpha value is -2.01.